The zero-order valence-electron chi connectivity index (χ0n) is 28.2. The SMILES string of the molecule is c1ccc2c(c1)ccc1c2c2ccccc2n1-c1cc(-c2nc(-c3cccc4sc5ccccc5c34)c3ccccc3n2)c2sc3ccccc3c2c1. The van der Waals surface area contributed by atoms with Crippen LogP contribution in [0, 0.1) is 0 Å². The Labute approximate surface area is 311 Å². The van der Waals surface area contributed by atoms with E-state index in [1.807, 2.05) is 22.7 Å². The van der Waals surface area contributed by atoms with E-state index in [2.05, 4.69) is 168 Å². The van der Waals surface area contributed by atoms with Gasteiger partial charge in [-0.3, -0.25) is 0 Å². The molecule has 0 saturated carbocycles. The lowest BCUT2D eigenvalue weighted by molar-refractivity contribution is 1.18. The van der Waals surface area contributed by atoms with E-state index in [9.17, 15) is 0 Å². The first-order chi connectivity index (χ1) is 26.3. The standard InChI is InChI=1S/C48H27N3S2/c1-2-13-30-28(12-1)24-25-40-44(30)33-16-4-8-20-39(33)51(40)29-26-36-31-14-5-9-21-41(31)53-47(36)37(27-29)48-49-38-19-7-3-15-32(38)46(50-48)35-18-11-23-43-45(35)34-17-6-10-22-42(34)52-43/h1-27H. The molecule has 53 heavy (non-hydrogen) atoms. The van der Waals surface area contributed by atoms with Gasteiger partial charge in [-0.15, -0.1) is 22.7 Å². The highest BCUT2D eigenvalue weighted by atomic mass is 32.1. The predicted octanol–water partition coefficient (Wildman–Crippen LogP) is 13.9. The van der Waals surface area contributed by atoms with E-state index in [4.69, 9.17) is 9.97 Å². The molecule has 0 amide bonds. The lowest BCUT2D eigenvalue weighted by atomic mass is 10.00. The summed E-state index contributed by atoms with van der Waals surface area (Å²) < 4.78 is 7.44. The molecule has 0 N–H and O–H groups in total. The lowest BCUT2D eigenvalue weighted by Gasteiger charge is -2.14. The highest BCUT2D eigenvalue weighted by Gasteiger charge is 2.22. The van der Waals surface area contributed by atoms with Crippen LogP contribution in [0.4, 0.5) is 0 Å². The van der Waals surface area contributed by atoms with Crippen molar-refractivity contribution in [1.29, 1.82) is 0 Å². The van der Waals surface area contributed by atoms with Crippen LogP contribution in [0.1, 0.15) is 0 Å². The number of rotatable bonds is 3. The molecule has 4 aromatic heterocycles. The van der Waals surface area contributed by atoms with Gasteiger partial charge >= 0.3 is 0 Å². The summed E-state index contributed by atoms with van der Waals surface area (Å²) in [6, 6.07) is 59.3. The van der Waals surface area contributed by atoms with Crippen LogP contribution in [0.5, 0.6) is 0 Å². The topological polar surface area (TPSA) is 30.7 Å². The maximum absolute atomic E-state index is 5.58. The molecule has 0 unspecified atom stereocenters. The van der Waals surface area contributed by atoms with Crippen LogP contribution in [0.15, 0.2) is 164 Å². The zero-order chi connectivity index (χ0) is 34.6. The maximum Gasteiger partial charge on any atom is 0.161 e. The molecule has 0 fully saturated rings. The van der Waals surface area contributed by atoms with Gasteiger partial charge in [-0.1, -0.05) is 115 Å². The summed E-state index contributed by atoms with van der Waals surface area (Å²) in [6.45, 7) is 0. The Kier molecular flexibility index (Phi) is 6.09. The number of benzene rings is 8. The number of aromatic nitrogens is 3. The van der Waals surface area contributed by atoms with E-state index in [1.54, 1.807) is 0 Å². The van der Waals surface area contributed by atoms with Crippen LogP contribution in [0.2, 0.25) is 0 Å². The van der Waals surface area contributed by atoms with Crippen LogP contribution >= 0.6 is 22.7 Å². The van der Waals surface area contributed by atoms with Crippen molar-refractivity contribution in [2.24, 2.45) is 0 Å². The van der Waals surface area contributed by atoms with Crippen molar-refractivity contribution in [3.05, 3.63) is 164 Å². The normalized spacial score (nSPS) is 12.2. The molecular formula is C48H27N3S2. The Morgan fingerprint density at radius 3 is 2.00 bits per heavy atom. The van der Waals surface area contributed by atoms with Gasteiger partial charge in [-0.25, -0.2) is 9.97 Å². The Balaban J connectivity index is 1.20. The molecule has 0 saturated heterocycles. The molecule has 0 aliphatic carbocycles. The average Bonchev–Trinajstić information content (AvgIpc) is 3.90. The molecule has 3 nitrogen and oxygen atoms in total. The fraction of sp³-hybridized carbons (Fsp3) is 0. The molecular weight excluding hydrogens is 683 g/mol. The van der Waals surface area contributed by atoms with Gasteiger partial charge in [0.1, 0.15) is 0 Å². The van der Waals surface area contributed by atoms with E-state index < -0.39 is 0 Å². The van der Waals surface area contributed by atoms with E-state index >= 15 is 0 Å². The molecule has 12 rings (SSSR count). The molecule has 0 radical (unpaired) electrons. The molecule has 246 valence electrons. The molecule has 0 aliphatic heterocycles. The van der Waals surface area contributed by atoms with Crippen molar-refractivity contribution >= 4 is 106 Å². The summed E-state index contributed by atoms with van der Waals surface area (Å²) in [6.07, 6.45) is 0. The van der Waals surface area contributed by atoms with E-state index in [-0.39, 0.29) is 0 Å². The van der Waals surface area contributed by atoms with E-state index in [1.165, 1.54) is 72.9 Å². The third-order valence-electron chi connectivity index (χ3n) is 10.8. The average molecular weight is 710 g/mol. The summed E-state index contributed by atoms with van der Waals surface area (Å²) in [5.41, 5.74) is 7.54. The number of fused-ring (bicyclic) bond motifs is 12. The summed E-state index contributed by atoms with van der Waals surface area (Å²) in [7, 11) is 0. The highest BCUT2D eigenvalue weighted by Crippen LogP contribution is 2.45. The van der Waals surface area contributed by atoms with Gasteiger partial charge < -0.3 is 4.57 Å². The molecule has 0 atom stereocenters. The highest BCUT2D eigenvalue weighted by molar-refractivity contribution is 7.26. The Morgan fingerprint density at radius 1 is 0.415 bits per heavy atom. The van der Waals surface area contributed by atoms with Gasteiger partial charge in [0.15, 0.2) is 5.82 Å². The van der Waals surface area contributed by atoms with Gasteiger partial charge in [0.25, 0.3) is 0 Å². The molecule has 8 aromatic carbocycles. The number of nitrogens with zero attached hydrogens (tertiary/aromatic N) is 3. The number of thiophene rings is 2. The van der Waals surface area contributed by atoms with Gasteiger partial charge in [0, 0.05) is 73.3 Å². The Morgan fingerprint density at radius 2 is 1.11 bits per heavy atom. The van der Waals surface area contributed by atoms with E-state index in [0.29, 0.717) is 0 Å². The van der Waals surface area contributed by atoms with Crippen molar-refractivity contribution in [3.63, 3.8) is 0 Å². The van der Waals surface area contributed by atoms with Crippen LogP contribution in [0.3, 0.4) is 0 Å². The first kappa shape index (κ1) is 29.2. The second-order valence-corrected chi connectivity index (χ2v) is 15.8. The van der Waals surface area contributed by atoms with Crippen molar-refractivity contribution in [2.45, 2.75) is 0 Å². The Bertz CT molecular complexity index is 3480. The Hall–Kier alpha value is -6.40. The van der Waals surface area contributed by atoms with Gasteiger partial charge in [0.2, 0.25) is 0 Å². The zero-order valence-corrected chi connectivity index (χ0v) is 29.9. The first-order valence-corrected chi connectivity index (χ1v) is 19.5. The maximum atomic E-state index is 5.58. The number of para-hydroxylation sites is 2. The number of hydrogen-bond donors (Lipinski definition) is 0. The molecule has 0 spiro atoms. The fourth-order valence-electron chi connectivity index (χ4n) is 8.50. The minimum Gasteiger partial charge on any atom is -0.309 e. The van der Waals surface area contributed by atoms with Crippen molar-refractivity contribution < 1.29 is 0 Å². The second-order valence-electron chi connectivity index (χ2n) is 13.7. The van der Waals surface area contributed by atoms with Crippen LogP contribution < -0.4 is 0 Å². The summed E-state index contributed by atoms with van der Waals surface area (Å²) in [4.78, 5) is 10.9. The van der Waals surface area contributed by atoms with Crippen molar-refractivity contribution in [2.75, 3.05) is 0 Å². The summed E-state index contributed by atoms with van der Waals surface area (Å²) in [5.74, 6) is 0.736. The first-order valence-electron chi connectivity index (χ1n) is 17.8. The predicted molar refractivity (Wildman–Crippen MR) is 228 cm³/mol. The molecule has 4 heterocycles. The summed E-state index contributed by atoms with van der Waals surface area (Å²) >= 11 is 3.66. The molecule has 0 bridgehead atoms. The monoisotopic (exact) mass is 709 g/mol. The lowest BCUT2D eigenvalue weighted by Crippen LogP contribution is -1.98. The van der Waals surface area contributed by atoms with Crippen LogP contribution in [-0.4, -0.2) is 14.5 Å². The summed E-state index contributed by atoms with van der Waals surface area (Å²) in [5, 5.41) is 11.1. The minimum absolute atomic E-state index is 0.736. The molecule has 5 heteroatoms. The van der Waals surface area contributed by atoms with Crippen LogP contribution in [-0.2, 0) is 0 Å². The fourth-order valence-corrected chi connectivity index (χ4v) is 10.8. The number of hydrogen-bond acceptors (Lipinski definition) is 4. The quantitative estimate of drug-likeness (QED) is 0.183. The van der Waals surface area contributed by atoms with Gasteiger partial charge in [0.05, 0.1) is 22.2 Å². The molecule has 12 aromatic rings. The third kappa shape index (κ3) is 4.20. The van der Waals surface area contributed by atoms with Crippen LogP contribution in [0.25, 0.3) is 112 Å². The smallest absolute Gasteiger partial charge is 0.161 e. The molecule has 0 aliphatic rings. The minimum atomic E-state index is 0.736. The van der Waals surface area contributed by atoms with Gasteiger partial charge in [-0.2, -0.15) is 0 Å². The second kappa shape index (κ2) is 11.1. The third-order valence-corrected chi connectivity index (χ3v) is 13.1. The van der Waals surface area contributed by atoms with Crippen molar-refractivity contribution in [3.8, 4) is 28.3 Å². The van der Waals surface area contributed by atoms with E-state index in [0.717, 1.165) is 39.2 Å². The van der Waals surface area contributed by atoms with Crippen molar-refractivity contribution in [1.82, 2.24) is 14.5 Å². The largest absolute Gasteiger partial charge is 0.309 e. The van der Waals surface area contributed by atoms with Gasteiger partial charge in [-0.05, 0) is 59.3 Å².